The molecule has 4 heteroatoms. The zero-order valence-corrected chi connectivity index (χ0v) is 11.5. The Balaban J connectivity index is 2.17. The van der Waals surface area contributed by atoms with Gasteiger partial charge in [0.1, 0.15) is 0 Å². The number of nitrogens with two attached hydrogens (primary N) is 1. The predicted molar refractivity (Wildman–Crippen MR) is 70.6 cm³/mol. The molecule has 92 valence electrons. The lowest BCUT2D eigenvalue weighted by Crippen LogP contribution is -2.37. The molecule has 0 fully saturated rings. The Morgan fingerprint density at radius 1 is 1.50 bits per heavy atom. The summed E-state index contributed by atoms with van der Waals surface area (Å²) in [5, 5.41) is 6.61. The van der Waals surface area contributed by atoms with Crippen LogP contribution in [0.15, 0.2) is 5.38 Å². The number of nitrogens with zero attached hydrogens (tertiary/aromatic N) is 1. The summed E-state index contributed by atoms with van der Waals surface area (Å²) in [5.74, 6) is 0. The van der Waals surface area contributed by atoms with Gasteiger partial charge in [0, 0.05) is 18.0 Å². The van der Waals surface area contributed by atoms with E-state index in [-0.39, 0.29) is 11.5 Å². The van der Waals surface area contributed by atoms with E-state index in [1.807, 2.05) is 6.92 Å². The fraction of sp³-hybridized carbons (Fsp3) is 0.750. The van der Waals surface area contributed by atoms with Gasteiger partial charge in [-0.3, -0.25) is 0 Å². The Morgan fingerprint density at radius 2 is 2.19 bits per heavy atom. The fourth-order valence-electron chi connectivity index (χ4n) is 1.40. The standard InChI is InChI=1S/C12H23N3S/c1-9-15-10(8-16-9)7-14-6-5-11(13)12(2,3)4/h8,11,14H,5-7,13H2,1-4H3. The molecule has 16 heavy (non-hydrogen) atoms. The Kier molecular flexibility index (Phi) is 4.89. The zero-order chi connectivity index (χ0) is 12.2. The summed E-state index contributed by atoms with van der Waals surface area (Å²) >= 11 is 1.70. The van der Waals surface area contributed by atoms with Gasteiger partial charge in [0.25, 0.3) is 0 Å². The van der Waals surface area contributed by atoms with Gasteiger partial charge in [-0.05, 0) is 25.3 Å². The zero-order valence-electron chi connectivity index (χ0n) is 10.7. The van der Waals surface area contributed by atoms with Crippen molar-refractivity contribution >= 4 is 11.3 Å². The lowest BCUT2D eigenvalue weighted by atomic mass is 9.85. The van der Waals surface area contributed by atoms with Crippen molar-refractivity contribution in [2.75, 3.05) is 6.54 Å². The summed E-state index contributed by atoms with van der Waals surface area (Å²) in [6.07, 6.45) is 1.01. The van der Waals surface area contributed by atoms with E-state index in [4.69, 9.17) is 5.73 Å². The molecule has 1 aromatic rings. The van der Waals surface area contributed by atoms with Gasteiger partial charge in [0.2, 0.25) is 0 Å². The van der Waals surface area contributed by atoms with Gasteiger partial charge < -0.3 is 11.1 Å². The molecule has 1 rings (SSSR count). The molecule has 0 aliphatic heterocycles. The first-order valence-corrected chi connectivity index (χ1v) is 6.65. The van der Waals surface area contributed by atoms with Crippen molar-refractivity contribution in [1.29, 1.82) is 0 Å². The molecule has 0 spiro atoms. The molecule has 0 aliphatic carbocycles. The van der Waals surface area contributed by atoms with Crippen LogP contribution in [0.5, 0.6) is 0 Å². The summed E-state index contributed by atoms with van der Waals surface area (Å²) in [6, 6.07) is 0.247. The van der Waals surface area contributed by atoms with Crippen LogP contribution in [-0.4, -0.2) is 17.6 Å². The Bertz CT molecular complexity index is 314. The van der Waals surface area contributed by atoms with Gasteiger partial charge in [0.05, 0.1) is 10.7 Å². The summed E-state index contributed by atoms with van der Waals surface area (Å²) in [5.41, 5.74) is 7.41. The molecule has 3 nitrogen and oxygen atoms in total. The van der Waals surface area contributed by atoms with Crippen molar-refractivity contribution in [2.24, 2.45) is 11.1 Å². The first-order valence-electron chi connectivity index (χ1n) is 5.77. The topological polar surface area (TPSA) is 50.9 Å². The van der Waals surface area contributed by atoms with Gasteiger partial charge in [-0.2, -0.15) is 0 Å². The van der Waals surface area contributed by atoms with Crippen molar-refractivity contribution in [1.82, 2.24) is 10.3 Å². The number of aryl methyl sites for hydroxylation is 1. The van der Waals surface area contributed by atoms with E-state index in [0.29, 0.717) is 0 Å². The van der Waals surface area contributed by atoms with Crippen molar-refractivity contribution in [3.05, 3.63) is 16.1 Å². The molecular weight excluding hydrogens is 218 g/mol. The quantitative estimate of drug-likeness (QED) is 0.778. The average molecular weight is 241 g/mol. The first kappa shape index (κ1) is 13.6. The van der Waals surface area contributed by atoms with Crippen LogP contribution in [0.1, 0.15) is 37.9 Å². The molecule has 0 aromatic carbocycles. The molecule has 3 N–H and O–H groups in total. The highest BCUT2D eigenvalue weighted by Gasteiger charge is 2.19. The van der Waals surface area contributed by atoms with Crippen LogP contribution in [0.4, 0.5) is 0 Å². The van der Waals surface area contributed by atoms with E-state index in [9.17, 15) is 0 Å². The molecular formula is C12H23N3S. The minimum Gasteiger partial charge on any atom is -0.327 e. The number of hydrogen-bond acceptors (Lipinski definition) is 4. The molecule has 1 heterocycles. The van der Waals surface area contributed by atoms with E-state index >= 15 is 0 Å². The second-order valence-corrected chi connectivity index (χ2v) is 6.36. The van der Waals surface area contributed by atoms with E-state index < -0.39 is 0 Å². The Labute approximate surface area is 102 Å². The molecule has 0 amide bonds. The van der Waals surface area contributed by atoms with Crippen LogP contribution >= 0.6 is 11.3 Å². The third-order valence-corrected chi connectivity index (χ3v) is 3.54. The van der Waals surface area contributed by atoms with Crippen LogP contribution in [0.3, 0.4) is 0 Å². The summed E-state index contributed by atoms with van der Waals surface area (Å²) in [7, 11) is 0. The third kappa shape index (κ3) is 4.60. The van der Waals surface area contributed by atoms with Crippen LogP contribution < -0.4 is 11.1 Å². The van der Waals surface area contributed by atoms with Gasteiger partial charge in [0.15, 0.2) is 0 Å². The number of thiazole rings is 1. The van der Waals surface area contributed by atoms with Gasteiger partial charge in [-0.25, -0.2) is 4.98 Å². The largest absolute Gasteiger partial charge is 0.327 e. The maximum Gasteiger partial charge on any atom is 0.0897 e. The number of nitrogens with one attached hydrogen (secondary N) is 1. The molecule has 1 atom stereocenters. The highest BCUT2D eigenvalue weighted by Crippen LogP contribution is 2.19. The second kappa shape index (κ2) is 5.75. The Morgan fingerprint density at radius 3 is 2.69 bits per heavy atom. The monoisotopic (exact) mass is 241 g/mol. The lowest BCUT2D eigenvalue weighted by molar-refractivity contribution is 0.302. The van der Waals surface area contributed by atoms with Crippen LogP contribution in [0.25, 0.3) is 0 Å². The minimum absolute atomic E-state index is 0.193. The SMILES string of the molecule is Cc1nc(CNCCC(N)C(C)(C)C)cs1. The number of rotatable bonds is 5. The van der Waals surface area contributed by atoms with Gasteiger partial charge >= 0.3 is 0 Å². The molecule has 1 aromatic heterocycles. The average Bonchev–Trinajstić information content (AvgIpc) is 2.57. The lowest BCUT2D eigenvalue weighted by Gasteiger charge is -2.27. The molecule has 0 saturated heterocycles. The fourth-order valence-corrected chi connectivity index (χ4v) is 2.01. The summed E-state index contributed by atoms with van der Waals surface area (Å²) in [6.45, 7) is 10.4. The predicted octanol–water partition coefficient (Wildman–Crippen LogP) is 2.30. The number of hydrogen-bond donors (Lipinski definition) is 2. The third-order valence-electron chi connectivity index (χ3n) is 2.72. The molecule has 0 bridgehead atoms. The smallest absolute Gasteiger partial charge is 0.0897 e. The van der Waals surface area contributed by atoms with E-state index in [1.54, 1.807) is 11.3 Å². The maximum absolute atomic E-state index is 6.08. The van der Waals surface area contributed by atoms with Crippen molar-refractivity contribution < 1.29 is 0 Å². The Hall–Kier alpha value is -0.450. The van der Waals surface area contributed by atoms with E-state index in [1.165, 1.54) is 0 Å². The minimum atomic E-state index is 0.193. The van der Waals surface area contributed by atoms with Crippen molar-refractivity contribution in [3.8, 4) is 0 Å². The summed E-state index contributed by atoms with van der Waals surface area (Å²) < 4.78 is 0. The first-order chi connectivity index (χ1) is 7.39. The highest BCUT2D eigenvalue weighted by atomic mass is 32.1. The van der Waals surface area contributed by atoms with E-state index in [2.05, 4.69) is 36.5 Å². The highest BCUT2D eigenvalue weighted by molar-refractivity contribution is 7.09. The van der Waals surface area contributed by atoms with Crippen molar-refractivity contribution in [2.45, 2.75) is 46.7 Å². The van der Waals surface area contributed by atoms with Crippen LogP contribution in [0, 0.1) is 12.3 Å². The van der Waals surface area contributed by atoms with Gasteiger partial charge in [-0.1, -0.05) is 20.8 Å². The molecule has 0 saturated carbocycles. The van der Waals surface area contributed by atoms with Crippen molar-refractivity contribution in [3.63, 3.8) is 0 Å². The normalized spacial score (nSPS) is 14.1. The van der Waals surface area contributed by atoms with Gasteiger partial charge in [-0.15, -0.1) is 11.3 Å². The molecule has 1 unspecified atom stereocenters. The maximum atomic E-state index is 6.08. The summed E-state index contributed by atoms with van der Waals surface area (Å²) in [4.78, 5) is 4.40. The molecule has 0 aliphatic rings. The van der Waals surface area contributed by atoms with E-state index in [0.717, 1.165) is 30.2 Å². The van der Waals surface area contributed by atoms with Crippen LogP contribution in [-0.2, 0) is 6.54 Å². The molecule has 0 radical (unpaired) electrons. The van der Waals surface area contributed by atoms with Crippen LogP contribution in [0.2, 0.25) is 0 Å². The number of aromatic nitrogens is 1. The second-order valence-electron chi connectivity index (χ2n) is 5.30.